The van der Waals surface area contributed by atoms with E-state index in [1.165, 1.54) is 7.11 Å². The summed E-state index contributed by atoms with van der Waals surface area (Å²) in [5, 5.41) is 3.90. The van der Waals surface area contributed by atoms with Crippen LogP contribution >= 0.6 is 11.6 Å². The molecule has 1 aliphatic rings. The summed E-state index contributed by atoms with van der Waals surface area (Å²) >= 11 is 6.21. The molecule has 4 nitrogen and oxygen atoms in total. The number of halogens is 1. The molecule has 0 saturated carbocycles. The number of carbonyl (C=O) groups excluding carboxylic acids is 1. The molecule has 2 rings (SSSR count). The average molecular weight is 312 g/mol. The molecule has 0 amide bonds. The fourth-order valence-electron chi connectivity index (χ4n) is 2.82. The number of benzene rings is 1. The summed E-state index contributed by atoms with van der Waals surface area (Å²) in [6.07, 6.45) is 1.94. The maximum Gasteiger partial charge on any atom is 0.331 e. The molecule has 0 aliphatic carbocycles. The molecular weight excluding hydrogens is 290 g/mol. The number of methoxy groups -OCH3 is 1. The zero-order valence-electron chi connectivity index (χ0n) is 12.7. The topological polar surface area (TPSA) is 47.6 Å². The zero-order chi connectivity index (χ0) is 15.5. The van der Waals surface area contributed by atoms with Crippen LogP contribution in [0.3, 0.4) is 0 Å². The molecule has 21 heavy (non-hydrogen) atoms. The van der Waals surface area contributed by atoms with Crippen molar-refractivity contribution < 1.29 is 14.3 Å². The summed E-state index contributed by atoms with van der Waals surface area (Å²) in [6.45, 7) is 4.60. The van der Waals surface area contributed by atoms with Gasteiger partial charge in [-0.2, -0.15) is 0 Å². The summed E-state index contributed by atoms with van der Waals surface area (Å²) in [5.74, 6) is -0.273. The van der Waals surface area contributed by atoms with E-state index in [2.05, 4.69) is 12.2 Å². The quantitative estimate of drug-likeness (QED) is 0.862. The van der Waals surface area contributed by atoms with Gasteiger partial charge >= 0.3 is 5.97 Å². The van der Waals surface area contributed by atoms with Gasteiger partial charge in [0.25, 0.3) is 0 Å². The second kappa shape index (κ2) is 6.24. The first kappa shape index (κ1) is 16.1. The molecular formula is C16H22ClNO3. The van der Waals surface area contributed by atoms with Crippen molar-refractivity contribution in [2.75, 3.05) is 19.0 Å². The van der Waals surface area contributed by atoms with E-state index in [0.717, 1.165) is 12.1 Å². The van der Waals surface area contributed by atoms with Gasteiger partial charge in [-0.1, -0.05) is 30.7 Å². The molecule has 0 radical (unpaired) electrons. The predicted molar refractivity (Wildman–Crippen MR) is 83.7 cm³/mol. The Balaban J connectivity index is 2.34. The Bertz CT molecular complexity index is 522. The molecule has 116 valence electrons. The van der Waals surface area contributed by atoms with Crippen molar-refractivity contribution in [1.29, 1.82) is 0 Å². The lowest BCUT2D eigenvalue weighted by molar-refractivity contribution is -0.158. The number of hydrogen-bond donors (Lipinski definition) is 1. The maximum absolute atomic E-state index is 12.4. The number of anilines is 1. The standard InChI is InChI=1S/C16H22ClNO3/c1-4-15(2)11-16(9-10-21-15,14(19)20-3)18-13-8-6-5-7-12(13)17/h5-8,18H,4,9-11H2,1-3H3. The number of esters is 1. The van der Waals surface area contributed by atoms with E-state index in [1.54, 1.807) is 6.07 Å². The lowest BCUT2D eigenvalue weighted by atomic mass is 9.79. The van der Waals surface area contributed by atoms with Gasteiger partial charge in [-0.15, -0.1) is 0 Å². The molecule has 5 heteroatoms. The summed E-state index contributed by atoms with van der Waals surface area (Å²) in [6, 6.07) is 7.41. The minimum Gasteiger partial charge on any atom is -0.467 e. The number of para-hydroxylation sites is 1. The Morgan fingerprint density at radius 3 is 2.81 bits per heavy atom. The molecule has 1 saturated heterocycles. The van der Waals surface area contributed by atoms with Crippen molar-refractivity contribution in [3.8, 4) is 0 Å². The Hall–Kier alpha value is -1.26. The Morgan fingerprint density at radius 2 is 2.19 bits per heavy atom. The van der Waals surface area contributed by atoms with Gasteiger partial charge in [-0.05, 0) is 25.5 Å². The number of rotatable bonds is 4. The SMILES string of the molecule is CCC1(C)CC(Nc2ccccc2Cl)(C(=O)OC)CCO1. The monoisotopic (exact) mass is 311 g/mol. The normalized spacial score (nSPS) is 29.0. The predicted octanol–water partition coefficient (Wildman–Crippen LogP) is 3.64. The highest BCUT2D eigenvalue weighted by Gasteiger charge is 2.48. The van der Waals surface area contributed by atoms with Crippen molar-refractivity contribution >= 4 is 23.3 Å². The zero-order valence-corrected chi connectivity index (χ0v) is 13.5. The maximum atomic E-state index is 12.4. The van der Waals surface area contributed by atoms with E-state index < -0.39 is 5.54 Å². The van der Waals surface area contributed by atoms with Crippen LogP contribution in [-0.4, -0.2) is 30.8 Å². The molecule has 2 unspecified atom stereocenters. The van der Waals surface area contributed by atoms with Gasteiger partial charge in [0.1, 0.15) is 5.54 Å². The van der Waals surface area contributed by atoms with E-state index >= 15 is 0 Å². The number of nitrogens with one attached hydrogen (secondary N) is 1. The van der Waals surface area contributed by atoms with Crippen molar-refractivity contribution in [2.24, 2.45) is 0 Å². The third-order valence-corrected chi connectivity index (χ3v) is 4.56. The third kappa shape index (κ3) is 3.33. The second-order valence-corrected chi connectivity index (χ2v) is 6.16. The lowest BCUT2D eigenvalue weighted by Gasteiger charge is -2.45. The van der Waals surface area contributed by atoms with E-state index in [1.807, 2.05) is 25.1 Å². The first-order valence-electron chi connectivity index (χ1n) is 7.20. The summed E-state index contributed by atoms with van der Waals surface area (Å²) in [5.41, 5.74) is -0.409. The fraction of sp³-hybridized carbons (Fsp3) is 0.562. The molecule has 1 aromatic rings. The third-order valence-electron chi connectivity index (χ3n) is 4.23. The lowest BCUT2D eigenvalue weighted by Crippen LogP contribution is -2.57. The van der Waals surface area contributed by atoms with Crippen molar-refractivity contribution in [2.45, 2.75) is 44.2 Å². The summed E-state index contributed by atoms with van der Waals surface area (Å²) in [4.78, 5) is 12.4. The smallest absolute Gasteiger partial charge is 0.331 e. The van der Waals surface area contributed by atoms with Crippen LogP contribution in [-0.2, 0) is 14.3 Å². The van der Waals surface area contributed by atoms with Crippen molar-refractivity contribution in [1.82, 2.24) is 0 Å². The van der Waals surface area contributed by atoms with Crippen LogP contribution in [0.25, 0.3) is 0 Å². The summed E-state index contributed by atoms with van der Waals surface area (Å²) < 4.78 is 10.9. The Kier molecular flexibility index (Phi) is 4.79. The number of ether oxygens (including phenoxy) is 2. The van der Waals surface area contributed by atoms with Gasteiger partial charge in [0.15, 0.2) is 0 Å². The minimum atomic E-state index is -0.803. The molecule has 0 bridgehead atoms. The van der Waals surface area contributed by atoms with Crippen LogP contribution in [0.2, 0.25) is 5.02 Å². The average Bonchev–Trinajstić information content (AvgIpc) is 2.49. The first-order valence-corrected chi connectivity index (χ1v) is 7.57. The highest BCUT2D eigenvalue weighted by molar-refractivity contribution is 6.33. The largest absolute Gasteiger partial charge is 0.467 e. The Morgan fingerprint density at radius 1 is 1.48 bits per heavy atom. The highest BCUT2D eigenvalue weighted by Crippen LogP contribution is 2.38. The van der Waals surface area contributed by atoms with Crippen LogP contribution in [0.4, 0.5) is 5.69 Å². The second-order valence-electron chi connectivity index (χ2n) is 5.76. The first-order chi connectivity index (χ1) is 9.95. The molecule has 0 spiro atoms. The minimum absolute atomic E-state index is 0.273. The molecule has 1 aromatic carbocycles. The number of carbonyl (C=O) groups is 1. The van der Waals surface area contributed by atoms with Crippen LogP contribution in [0.1, 0.15) is 33.1 Å². The van der Waals surface area contributed by atoms with E-state index in [0.29, 0.717) is 24.5 Å². The molecule has 1 aliphatic heterocycles. The van der Waals surface area contributed by atoms with Gasteiger partial charge in [0.05, 0.1) is 30.0 Å². The van der Waals surface area contributed by atoms with Gasteiger partial charge in [-0.25, -0.2) is 4.79 Å². The highest BCUT2D eigenvalue weighted by atomic mass is 35.5. The number of hydrogen-bond acceptors (Lipinski definition) is 4. The van der Waals surface area contributed by atoms with Crippen molar-refractivity contribution in [3.05, 3.63) is 29.3 Å². The molecule has 1 heterocycles. The van der Waals surface area contributed by atoms with Crippen molar-refractivity contribution in [3.63, 3.8) is 0 Å². The molecule has 1 N–H and O–H groups in total. The molecule has 1 fully saturated rings. The van der Waals surface area contributed by atoms with Gasteiger partial charge in [-0.3, -0.25) is 0 Å². The fourth-order valence-corrected chi connectivity index (χ4v) is 3.01. The molecule has 2 atom stereocenters. The van der Waals surface area contributed by atoms with Crippen LogP contribution in [0.15, 0.2) is 24.3 Å². The van der Waals surface area contributed by atoms with Gasteiger partial charge < -0.3 is 14.8 Å². The Labute approximate surface area is 130 Å². The molecule has 0 aromatic heterocycles. The van der Waals surface area contributed by atoms with Crippen LogP contribution in [0, 0.1) is 0 Å². The van der Waals surface area contributed by atoms with E-state index in [9.17, 15) is 4.79 Å². The summed E-state index contributed by atoms with van der Waals surface area (Å²) in [7, 11) is 1.41. The van der Waals surface area contributed by atoms with Crippen LogP contribution in [0.5, 0.6) is 0 Å². The van der Waals surface area contributed by atoms with Gasteiger partial charge in [0.2, 0.25) is 0 Å². The van der Waals surface area contributed by atoms with Gasteiger partial charge in [0, 0.05) is 12.8 Å². The van der Waals surface area contributed by atoms with Crippen LogP contribution < -0.4 is 5.32 Å². The van der Waals surface area contributed by atoms with E-state index in [4.69, 9.17) is 21.1 Å². The van der Waals surface area contributed by atoms with E-state index in [-0.39, 0.29) is 11.6 Å².